The van der Waals surface area contributed by atoms with Crippen molar-refractivity contribution in [2.75, 3.05) is 7.11 Å². The maximum Gasteiger partial charge on any atom is 0.315 e. The predicted octanol–water partition coefficient (Wildman–Crippen LogP) is 3.35. The molecule has 1 saturated carbocycles. The first-order valence-electron chi connectivity index (χ1n) is 5.79. The van der Waals surface area contributed by atoms with Gasteiger partial charge in [-0.1, -0.05) is 34.6 Å². The second-order valence-corrected chi connectivity index (χ2v) is 6.76. The van der Waals surface area contributed by atoms with E-state index in [9.17, 15) is 9.18 Å². The van der Waals surface area contributed by atoms with Crippen LogP contribution in [0.3, 0.4) is 0 Å². The van der Waals surface area contributed by atoms with Gasteiger partial charge in [0.05, 0.1) is 7.11 Å². The van der Waals surface area contributed by atoms with E-state index in [1.807, 2.05) is 34.6 Å². The van der Waals surface area contributed by atoms with E-state index in [2.05, 4.69) is 0 Å². The van der Waals surface area contributed by atoms with Crippen LogP contribution in [0.1, 0.15) is 47.5 Å². The van der Waals surface area contributed by atoms with Gasteiger partial charge in [0, 0.05) is 0 Å². The van der Waals surface area contributed by atoms with E-state index in [0.29, 0.717) is 12.8 Å². The molecule has 0 bridgehead atoms. The third kappa shape index (κ3) is 1.85. The number of rotatable bonds is 2. The molecule has 0 aromatic carbocycles. The maximum absolute atomic E-state index is 14.0. The summed E-state index contributed by atoms with van der Waals surface area (Å²) in [6.45, 7) is 9.98. The fourth-order valence-electron chi connectivity index (χ4n) is 2.94. The van der Waals surface area contributed by atoms with Crippen LogP contribution in [0.2, 0.25) is 0 Å². The van der Waals surface area contributed by atoms with Crippen molar-refractivity contribution < 1.29 is 13.9 Å². The zero-order chi connectivity index (χ0) is 12.8. The minimum Gasteiger partial charge on any atom is -0.468 e. The molecule has 0 saturated heterocycles. The Labute approximate surface area is 97.6 Å². The van der Waals surface area contributed by atoms with Gasteiger partial charge in [0.1, 0.15) is 11.6 Å². The van der Waals surface area contributed by atoms with Gasteiger partial charge in [-0.2, -0.15) is 0 Å². The third-order valence-electron chi connectivity index (χ3n) is 3.79. The number of alkyl halides is 1. The molecule has 94 valence electrons. The molecule has 0 N–H and O–H groups in total. The van der Waals surface area contributed by atoms with E-state index in [4.69, 9.17) is 4.74 Å². The third-order valence-corrected chi connectivity index (χ3v) is 3.79. The molecule has 3 heteroatoms. The highest BCUT2D eigenvalue weighted by Crippen LogP contribution is 2.62. The second-order valence-electron chi connectivity index (χ2n) is 6.76. The summed E-state index contributed by atoms with van der Waals surface area (Å²) < 4.78 is 18.8. The van der Waals surface area contributed by atoms with Crippen LogP contribution < -0.4 is 0 Å². The zero-order valence-corrected chi connectivity index (χ0v) is 11.2. The van der Waals surface area contributed by atoms with Gasteiger partial charge < -0.3 is 4.74 Å². The smallest absolute Gasteiger partial charge is 0.315 e. The maximum atomic E-state index is 14.0. The summed E-state index contributed by atoms with van der Waals surface area (Å²) in [6.07, 6.45) is -0.104. The first-order chi connectivity index (χ1) is 7.07. The zero-order valence-electron chi connectivity index (χ0n) is 11.2. The lowest BCUT2D eigenvalue weighted by atomic mass is 9.46. The Morgan fingerprint density at radius 2 is 1.94 bits per heavy atom. The van der Waals surface area contributed by atoms with Gasteiger partial charge in [-0.3, -0.25) is 4.79 Å². The lowest BCUT2D eigenvalue weighted by Crippen LogP contribution is -2.63. The molecule has 1 rings (SSSR count). The molecule has 0 spiro atoms. The van der Waals surface area contributed by atoms with Crippen LogP contribution in [-0.4, -0.2) is 19.3 Å². The average molecular weight is 230 g/mol. The van der Waals surface area contributed by atoms with Crippen molar-refractivity contribution >= 4 is 5.97 Å². The van der Waals surface area contributed by atoms with E-state index >= 15 is 0 Å². The van der Waals surface area contributed by atoms with E-state index in [1.165, 1.54) is 7.11 Å². The number of halogens is 1. The SMILES string of the molecule is COC(=O)C1(CC(C)(C)C)C(F)CC1(C)C. The molecule has 2 atom stereocenters. The van der Waals surface area contributed by atoms with Gasteiger partial charge in [-0.25, -0.2) is 4.39 Å². The fraction of sp³-hybridized carbons (Fsp3) is 0.923. The molecule has 0 heterocycles. The van der Waals surface area contributed by atoms with E-state index in [0.717, 1.165) is 0 Å². The van der Waals surface area contributed by atoms with Crippen LogP contribution in [0.4, 0.5) is 4.39 Å². The highest BCUT2D eigenvalue weighted by molar-refractivity contribution is 5.80. The standard InChI is InChI=1S/C13H23FO2/c1-11(2,3)8-13(10(15)16-6)9(14)7-12(13,4)5/h9H,7-8H2,1-6H3. The van der Waals surface area contributed by atoms with Crippen molar-refractivity contribution in [3.05, 3.63) is 0 Å². The molecule has 1 aliphatic carbocycles. The number of carbonyl (C=O) groups excluding carboxylic acids is 1. The van der Waals surface area contributed by atoms with Crippen LogP contribution in [0.25, 0.3) is 0 Å². The number of esters is 1. The summed E-state index contributed by atoms with van der Waals surface area (Å²) >= 11 is 0. The Balaban J connectivity index is 3.08. The van der Waals surface area contributed by atoms with Gasteiger partial charge in [0.2, 0.25) is 0 Å². The number of hydrogen-bond acceptors (Lipinski definition) is 2. The molecule has 2 nitrogen and oxygen atoms in total. The molecule has 2 unspecified atom stereocenters. The van der Waals surface area contributed by atoms with Crippen molar-refractivity contribution in [2.45, 2.75) is 53.6 Å². The Morgan fingerprint density at radius 3 is 2.19 bits per heavy atom. The summed E-state index contributed by atoms with van der Waals surface area (Å²) in [5.74, 6) is -0.397. The summed E-state index contributed by atoms with van der Waals surface area (Å²) in [7, 11) is 1.34. The highest BCUT2D eigenvalue weighted by Gasteiger charge is 2.67. The van der Waals surface area contributed by atoms with Gasteiger partial charge in [0.25, 0.3) is 0 Å². The Hall–Kier alpha value is -0.600. The first kappa shape index (κ1) is 13.5. The summed E-state index contributed by atoms with van der Waals surface area (Å²) in [6, 6.07) is 0. The highest BCUT2D eigenvalue weighted by atomic mass is 19.1. The fourth-order valence-corrected chi connectivity index (χ4v) is 2.94. The van der Waals surface area contributed by atoms with Crippen LogP contribution in [-0.2, 0) is 9.53 Å². The topological polar surface area (TPSA) is 26.3 Å². The van der Waals surface area contributed by atoms with E-state index < -0.39 is 17.6 Å². The number of methoxy groups -OCH3 is 1. The Kier molecular flexibility index (Phi) is 3.12. The van der Waals surface area contributed by atoms with Gasteiger partial charge in [-0.05, 0) is 23.7 Å². The molecule has 1 aliphatic rings. The van der Waals surface area contributed by atoms with E-state index in [-0.39, 0.29) is 10.8 Å². The largest absolute Gasteiger partial charge is 0.468 e. The molecular formula is C13H23FO2. The Bertz CT molecular complexity index is 291. The van der Waals surface area contributed by atoms with Gasteiger partial charge in [0.15, 0.2) is 0 Å². The second kappa shape index (κ2) is 3.71. The van der Waals surface area contributed by atoms with E-state index in [1.54, 1.807) is 0 Å². The average Bonchev–Trinajstić information content (AvgIpc) is 2.10. The number of hydrogen-bond donors (Lipinski definition) is 0. The van der Waals surface area contributed by atoms with Crippen molar-refractivity contribution in [1.29, 1.82) is 0 Å². The summed E-state index contributed by atoms with van der Waals surface area (Å²) in [5, 5.41) is 0. The molecule has 0 aromatic rings. The van der Waals surface area contributed by atoms with Crippen LogP contribution >= 0.6 is 0 Å². The molecule has 0 radical (unpaired) electrons. The lowest BCUT2D eigenvalue weighted by Gasteiger charge is -2.58. The lowest BCUT2D eigenvalue weighted by molar-refractivity contribution is -0.201. The van der Waals surface area contributed by atoms with Crippen molar-refractivity contribution in [2.24, 2.45) is 16.2 Å². The molecule has 0 aromatic heterocycles. The molecule has 1 fully saturated rings. The number of carbonyl (C=O) groups is 1. The van der Waals surface area contributed by atoms with Gasteiger partial charge >= 0.3 is 5.97 Å². The van der Waals surface area contributed by atoms with Crippen LogP contribution in [0, 0.1) is 16.2 Å². The van der Waals surface area contributed by atoms with Crippen LogP contribution in [0.15, 0.2) is 0 Å². The van der Waals surface area contributed by atoms with Gasteiger partial charge in [-0.15, -0.1) is 0 Å². The minimum atomic E-state index is -1.07. The molecule has 0 amide bonds. The quantitative estimate of drug-likeness (QED) is 0.680. The monoisotopic (exact) mass is 230 g/mol. The normalized spacial score (nSPS) is 33.1. The minimum absolute atomic E-state index is 0.0871. The Morgan fingerprint density at radius 1 is 1.44 bits per heavy atom. The summed E-state index contributed by atoms with van der Waals surface area (Å²) in [4.78, 5) is 12.0. The number of ether oxygens (including phenoxy) is 1. The molecule has 0 aliphatic heterocycles. The first-order valence-corrected chi connectivity index (χ1v) is 5.79. The predicted molar refractivity (Wildman–Crippen MR) is 61.8 cm³/mol. The van der Waals surface area contributed by atoms with Crippen molar-refractivity contribution in [1.82, 2.24) is 0 Å². The van der Waals surface area contributed by atoms with Crippen molar-refractivity contribution in [3.63, 3.8) is 0 Å². The van der Waals surface area contributed by atoms with Crippen LogP contribution in [0.5, 0.6) is 0 Å². The molecule has 16 heavy (non-hydrogen) atoms. The molecular weight excluding hydrogens is 207 g/mol. The summed E-state index contributed by atoms with van der Waals surface area (Å²) in [5.41, 5.74) is -1.36. The van der Waals surface area contributed by atoms with Crippen molar-refractivity contribution in [3.8, 4) is 0 Å².